The van der Waals surface area contributed by atoms with Crippen molar-refractivity contribution in [2.24, 2.45) is 0 Å². The predicted molar refractivity (Wildman–Crippen MR) is 83.1 cm³/mol. The maximum absolute atomic E-state index is 9.83. The second-order valence-electron chi connectivity index (χ2n) is 4.11. The van der Waals surface area contributed by atoms with Crippen LogP contribution >= 0.6 is 27.7 Å². The van der Waals surface area contributed by atoms with Gasteiger partial charge in [-0.3, -0.25) is 0 Å². The molecule has 1 unspecified atom stereocenters. The van der Waals surface area contributed by atoms with Gasteiger partial charge in [0.15, 0.2) is 0 Å². The molecule has 0 heterocycles. The summed E-state index contributed by atoms with van der Waals surface area (Å²) in [5.41, 5.74) is 0.769. The molecule has 0 saturated heterocycles. The van der Waals surface area contributed by atoms with E-state index in [-0.39, 0.29) is 0 Å². The Bertz CT molecular complexity index is 570. The standard InChI is InChI=1S/C15H15BrO2S/c1-10(17)12-9-11(16)7-8-13(12)18-14-5-3-4-6-15(14)19-2/h3-10,17H,1-2H3. The van der Waals surface area contributed by atoms with E-state index in [4.69, 9.17) is 4.74 Å². The summed E-state index contributed by atoms with van der Waals surface area (Å²) < 4.78 is 6.87. The highest BCUT2D eigenvalue weighted by atomic mass is 79.9. The van der Waals surface area contributed by atoms with E-state index in [9.17, 15) is 5.11 Å². The molecule has 0 fully saturated rings. The molecule has 4 heteroatoms. The number of halogens is 1. The van der Waals surface area contributed by atoms with E-state index >= 15 is 0 Å². The van der Waals surface area contributed by atoms with E-state index in [0.717, 1.165) is 20.7 Å². The predicted octanol–water partition coefficient (Wildman–Crippen LogP) is 5.02. The van der Waals surface area contributed by atoms with Crippen molar-refractivity contribution in [2.45, 2.75) is 17.9 Å². The number of aliphatic hydroxyl groups excluding tert-OH is 1. The Kier molecular flexibility index (Phi) is 4.91. The van der Waals surface area contributed by atoms with Crippen molar-refractivity contribution >= 4 is 27.7 Å². The van der Waals surface area contributed by atoms with Gasteiger partial charge in [0, 0.05) is 14.9 Å². The summed E-state index contributed by atoms with van der Waals surface area (Å²) in [5, 5.41) is 9.83. The maximum atomic E-state index is 9.83. The van der Waals surface area contributed by atoms with Crippen molar-refractivity contribution < 1.29 is 9.84 Å². The maximum Gasteiger partial charge on any atom is 0.140 e. The molecule has 2 aromatic carbocycles. The number of aliphatic hydroxyl groups is 1. The minimum Gasteiger partial charge on any atom is -0.456 e. The molecule has 0 saturated carbocycles. The summed E-state index contributed by atoms with van der Waals surface area (Å²) in [6.45, 7) is 1.73. The lowest BCUT2D eigenvalue weighted by Gasteiger charge is -2.15. The van der Waals surface area contributed by atoms with Crippen LogP contribution in [0, 0.1) is 0 Å². The van der Waals surface area contributed by atoms with Gasteiger partial charge in [-0.1, -0.05) is 28.1 Å². The molecule has 0 radical (unpaired) electrons. The molecule has 2 nitrogen and oxygen atoms in total. The monoisotopic (exact) mass is 338 g/mol. The second kappa shape index (κ2) is 6.46. The fraction of sp³-hybridized carbons (Fsp3) is 0.200. The summed E-state index contributed by atoms with van der Waals surface area (Å²) in [6, 6.07) is 13.5. The van der Waals surface area contributed by atoms with Crippen LogP contribution in [0.15, 0.2) is 51.8 Å². The Morgan fingerprint density at radius 2 is 1.89 bits per heavy atom. The van der Waals surface area contributed by atoms with E-state index in [2.05, 4.69) is 15.9 Å². The molecular weight excluding hydrogens is 324 g/mol. The first kappa shape index (κ1) is 14.4. The normalized spacial score (nSPS) is 12.2. The zero-order chi connectivity index (χ0) is 13.8. The fourth-order valence-corrected chi connectivity index (χ4v) is 2.66. The smallest absolute Gasteiger partial charge is 0.140 e. The number of rotatable bonds is 4. The van der Waals surface area contributed by atoms with Crippen LogP contribution in [-0.2, 0) is 0 Å². The third kappa shape index (κ3) is 3.53. The Balaban J connectivity index is 2.38. The molecule has 0 aliphatic carbocycles. The van der Waals surface area contributed by atoms with Gasteiger partial charge in [-0.05, 0) is 43.5 Å². The number of benzene rings is 2. The highest BCUT2D eigenvalue weighted by Gasteiger charge is 2.12. The molecule has 0 spiro atoms. The summed E-state index contributed by atoms with van der Waals surface area (Å²) in [7, 11) is 0. The molecule has 1 N–H and O–H groups in total. The van der Waals surface area contributed by atoms with E-state index < -0.39 is 6.10 Å². The lowest BCUT2D eigenvalue weighted by atomic mass is 10.1. The Labute approximate surface area is 125 Å². The van der Waals surface area contributed by atoms with Gasteiger partial charge in [0.25, 0.3) is 0 Å². The zero-order valence-electron chi connectivity index (χ0n) is 10.8. The number of ether oxygens (including phenoxy) is 1. The number of hydrogen-bond acceptors (Lipinski definition) is 3. The van der Waals surface area contributed by atoms with Gasteiger partial charge >= 0.3 is 0 Å². The topological polar surface area (TPSA) is 29.5 Å². The minimum atomic E-state index is -0.575. The Morgan fingerprint density at radius 1 is 1.16 bits per heavy atom. The highest BCUT2D eigenvalue weighted by molar-refractivity contribution is 9.10. The van der Waals surface area contributed by atoms with E-state index in [1.165, 1.54) is 0 Å². The van der Waals surface area contributed by atoms with Gasteiger partial charge in [0.2, 0.25) is 0 Å². The van der Waals surface area contributed by atoms with E-state index in [0.29, 0.717) is 5.75 Å². The quantitative estimate of drug-likeness (QED) is 0.794. The molecule has 2 aromatic rings. The minimum absolute atomic E-state index is 0.575. The summed E-state index contributed by atoms with van der Waals surface area (Å²) in [4.78, 5) is 1.07. The van der Waals surface area contributed by atoms with Crippen LogP contribution < -0.4 is 4.74 Å². The molecule has 0 aromatic heterocycles. The van der Waals surface area contributed by atoms with Crippen LogP contribution in [0.3, 0.4) is 0 Å². The second-order valence-corrected chi connectivity index (χ2v) is 5.87. The molecule has 1 atom stereocenters. The van der Waals surface area contributed by atoms with Crippen LogP contribution in [0.5, 0.6) is 11.5 Å². The molecule has 0 aliphatic heterocycles. The first-order chi connectivity index (χ1) is 9.11. The summed E-state index contributed by atoms with van der Waals surface area (Å²) in [5.74, 6) is 1.49. The first-order valence-corrected chi connectivity index (χ1v) is 7.92. The third-order valence-corrected chi connectivity index (χ3v) is 3.98. The Hall–Kier alpha value is -0.970. The van der Waals surface area contributed by atoms with Crippen molar-refractivity contribution in [3.8, 4) is 11.5 Å². The molecule has 0 amide bonds. The van der Waals surface area contributed by atoms with Crippen molar-refractivity contribution in [2.75, 3.05) is 6.26 Å². The van der Waals surface area contributed by atoms with Gasteiger partial charge < -0.3 is 9.84 Å². The van der Waals surface area contributed by atoms with Crippen molar-refractivity contribution in [3.63, 3.8) is 0 Å². The molecule has 19 heavy (non-hydrogen) atoms. The van der Waals surface area contributed by atoms with Crippen LogP contribution in [0.25, 0.3) is 0 Å². The zero-order valence-corrected chi connectivity index (χ0v) is 13.2. The third-order valence-electron chi connectivity index (χ3n) is 2.71. The average Bonchev–Trinajstić information content (AvgIpc) is 2.41. The van der Waals surface area contributed by atoms with Crippen LogP contribution in [0.2, 0.25) is 0 Å². The van der Waals surface area contributed by atoms with Gasteiger partial charge in [0.1, 0.15) is 11.5 Å². The van der Waals surface area contributed by atoms with Crippen LogP contribution in [-0.4, -0.2) is 11.4 Å². The number of thioether (sulfide) groups is 1. The lowest BCUT2D eigenvalue weighted by molar-refractivity contribution is 0.195. The molecule has 0 bridgehead atoms. The fourth-order valence-electron chi connectivity index (χ4n) is 1.76. The van der Waals surface area contributed by atoms with Crippen LogP contribution in [0.4, 0.5) is 0 Å². The highest BCUT2D eigenvalue weighted by Crippen LogP contribution is 2.35. The van der Waals surface area contributed by atoms with Crippen LogP contribution in [0.1, 0.15) is 18.6 Å². The molecule has 2 rings (SSSR count). The van der Waals surface area contributed by atoms with E-state index in [1.807, 2.05) is 48.7 Å². The summed E-state index contributed by atoms with van der Waals surface area (Å²) in [6.07, 6.45) is 1.44. The van der Waals surface area contributed by atoms with E-state index in [1.54, 1.807) is 18.7 Å². The van der Waals surface area contributed by atoms with Gasteiger partial charge in [0.05, 0.1) is 6.10 Å². The molecule has 0 aliphatic rings. The SMILES string of the molecule is CSc1ccccc1Oc1ccc(Br)cc1C(C)O. The van der Waals surface area contributed by atoms with Gasteiger partial charge in [-0.15, -0.1) is 11.8 Å². The van der Waals surface area contributed by atoms with Crippen molar-refractivity contribution in [1.82, 2.24) is 0 Å². The average molecular weight is 339 g/mol. The largest absolute Gasteiger partial charge is 0.456 e. The summed E-state index contributed by atoms with van der Waals surface area (Å²) >= 11 is 5.04. The lowest BCUT2D eigenvalue weighted by Crippen LogP contribution is -1.96. The number of para-hydroxylation sites is 1. The van der Waals surface area contributed by atoms with Gasteiger partial charge in [-0.25, -0.2) is 0 Å². The van der Waals surface area contributed by atoms with Gasteiger partial charge in [-0.2, -0.15) is 0 Å². The molecule has 100 valence electrons. The number of hydrogen-bond donors (Lipinski definition) is 1. The Morgan fingerprint density at radius 3 is 2.58 bits per heavy atom. The first-order valence-electron chi connectivity index (χ1n) is 5.90. The van der Waals surface area contributed by atoms with Crippen molar-refractivity contribution in [1.29, 1.82) is 0 Å². The molecular formula is C15H15BrO2S. The van der Waals surface area contributed by atoms with Crippen molar-refractivity contribution in [3.05, 3.63) is 52.5 Å².